The summed E-state index contributed by atoms with van der Waals surface area (Å²) in [7, 11) is -0.685. The molecule has 13 nitrogen and oxygen atoms in total. The lowest BCUT2D eigenvalue weighted by molar-refractivity contribution is -0.145. The lowest BCUT2D eigenvalue weighted by Gasteiger charge is -2.43. The van der Waals surface area contributed by atoms with Crippen LogP contribution in [0.3, 0.4) is 0 Å². The van der Waals surface area contributed by atoms with Gasteiger partial charge in [-0.3, -0.25) is 19.2 Å². The number of carbonyl (C=O) groups excluding carboxylic acids is 5. The van der Waals surface area contributed by atoms with Crippen molar-refractivity contribution < 1.29 is 32.4 Å². The van der Waals surface area contributed by atoms with Crippen molar-refractivity contribution in [2.45, 2.75) is 130 Å². The predicted octanol–water partition coefficient (Wildman–Crippen LogP) is 3.10. The number of unbranched alkanes of at least 4 members (excludes halogenated alkanes) is 1. The Bertz CT molecular complexity index is 1330. The van der Waals surface area contributed by atoms with E-state index in [1.54, 1.807) is 0 Å². The number of likely N-dealkylation sites (tertiary alicyclic amines) is 1. The standard InChI is InChI=1S/C35H62N6O7S/c1-11-12-16-25(28(42)31(44)36-8)37-30(43)27-24(21-23(2)3)17-20-41(27)32(45)29(35(7)18-14-13-15-19-35)39-33(46)38-26(34(4,5)6)22-40(9)49(10,47)48/h21,24-27,29H,11-20,22H2,1-10H3,(H,36,44)(H,37,43)(H2,38,39,46)/t24-,25?,26-,27+,29-/m1/s1. The summed E-state index contributed by atoms with van der Waals surface area (Å²) < 4.78 is 25.6. The average Bonchev–Trinajstić information content (AvgIpc) is 3.42. The van der Waals surface area contributed by atoms with E-state index in [4.69, 9.17) is 0 Å². The summed E-state index contributed by atoms with van der Waals surface area (Å²) in [4.78, 5) is 69.4. The van der Waals surface area contributed by atoms with E-state index < -0.39 is 68.6 Å². The van der Waals surface area contributed by atoms with Gasteiger partial charge in [0.05, 0.1) is 12.3 Å². The molecule has 1 heterocycles. The molecule has 2 rings (SSSR count). The van der Waals surface area contributed by atoms with Gasteiger partial charge in [-0.05, 0) is 50.4 Å². The first-order valence-corrected chi connectivity index (χ1v) is 19.5. The highest BCUT2D eigenvalue weighted by Crippen LogP contribution is 2.41. The van der Waals surface area contributed by atoms with Crippen LogP contribution in [0.25, 0.3) is 0 Å². The highest BCUT2D eigenvalue weighted by atomic mass is 32.2. The van der Waals surface area contributed by atoms with Gasteiger partial charge >= 0.3 is 6.03 Å². The largest absolute Gasteiger partial charge is 0.353 e. The molecule has 2 fully saturated rings. The zero-order valence-electron chi connectivity index (χ0n) is 31.4. The highest BCUT2D eigenvalue weighted by molar-refractivity contribution is 7.88. The first kappa shape index (κ1) is 42.2. The Balaban J connectivity index is 2.49. The molecule has 0 radical (unpaired) electrons. The molecule has 0 bridgehead atoms. The number of likely N-dealkylation sites (N-methyl/N-ethyl adjacent to an activating group) is 2. The van der Waals surface area contributed by atoms with Gasteiger partial charge < -0.3 is 26.2 Å². The number of rotatable bonds is 15. The van der Waals surface area contributed by atoms with E-state index in [2.05, 4.69) is 21.3 Å². The minimum absolute atomic E-state index is 0.0400. The molecule has 0 aromatic rings. The number of amides is 5. The second-order valence-corrected chi connectivity index (χ2v) is 17.6. The Hall–Kier alpha value is -3.00. The van der Waals surface area contributed by atoms with Gasteiger partial charge in [0.15, 0.2) is 0 Å². The number of hydrogen-bond donors (Lipinski definition) is 4. The van der Waals surface area contributed by atoms with E-state index in [0.29, 0.717) is 25.7 Å². The van der Waals surface area contributed by atoms with Gasteiger partial charge in [0, 0.05) is 39.1 Å². The summed E-state index contributed by atoms with van der Waals surface area (Å²) in [6.07, 6.45) is 9.44. The molecule has 0 aromatic carbocycles. The second kappa shape index (κ2) is 17.8. The minimum Gasteiger partial charge on any atom is -0.353 e. The fourth-order valence-electron chi connectivity index (χ4n) is 6.83. The number of allylic oxidation sites excluding steroid dienone is 1. The van der Waals surface area contributed by atoms with Crippen molar-refractivity contribution in [3.63, 3.8) is 0 Å². The molecule has 280 valence electrons. The Kier molecular flexibility index (Phi) is 15.3. The molecule has 0 aromatic heterocycles. The summed E-state index contributed by atoms with van der Waals surface area (Å²) in [5.74, 6) is -2.76. The zero-order valence-corrected chi connectivity index (χ0v) is 32.2. The lowest BCUT2D eigenvalue weighted by atomic mass is 9.70. The molecule has 1 aliphatic carbocycles. The second-order valence-electron chi connectivity index (χ2n) is 15.5. The number of ketones is 1. The number of Topliss-reactive ketones (excluding diaryl/α,β-unsaturated/α-hetero) is 1. The van der Waals surface area contributed by atoms with Crippen LogP contribution in [0.1, 0.15) is 106 Å². The molecule has 2 aliphatic rings. The van der Waals surface area contributed by atoms with Gasteiger partial charge in [-0.25, -0.2) is 17.5 Å². The molecular weight excluding hydrogens is 648 g/mol. The first-order chi connectivity index (χ1) is 22.7. The molecule has 0 spiro atoms. The smallest absolute Gasteiger partial charge is 0.315 e. The fourth-order valence-corrected chi connectivity index (χ4v) is 7.25. The van der Waals surface area contributed by atoms with Gasteiger partial charge in [-0.2, -0.15) is 0 Å². The zero-order chi connectivity index (χ0) is 37.3. The molecule has 1 aliphatic heterocycles. The van der Waals surface area contributed by atoms with Gasteiger partial charge in [0.1, 0.15) is 12.1 Å². The van der Waals surface area contributed by atoms with E-state index in [1.807, 2.05) is 54.5 Å². The average molecular weight is 711 g/mol. The van der Waals surface area contributed by atoms with Crippen LogP contribution in [0.4, 0.5) is 4.79 Å². The summed E-state index contributed by atoms with van der Waals surface area (Å²) in [5, 5.41) is 11.1. The van der Waals surface area contributed by atoms with Gasteiger partial charge in [-0.15, -0.1) is 0 Å². The van der Waals surface area contributed by atoms with Crippen molar-refractivity contribution in [2.24, 2.45) is 16.7 Å². The number of carbonyl (C=O) groups is 5. The normalized spacial score (nSPS) is 21.2. The van der Waals surface area contributed by atoms with Crippen molar-refractivity contribution in [1.82, 2.24) is 30.5 Å². The van der Waals surface area contributed by atoms with Crippen molar-refractivity contribution in [3.05, 3.63) is 11.6 Å². The van der Waals surface area contributed by atoms with Crippen molar-refractivity contribution in [1.29, 1.82) is 0 Å². The third kappa shape index (κ3) is 11.8. The lowest BCUT2D eigenvalue weighted by Crippen LogP contribution is -2.63. The number of nitrogens with zero attached hydrogens (tertiary/aromatic N) is 2. The molecular formula is C35H62N6O7S. The van der Waals surface area contributed by atoms with Gasteiger partial charge in [0.25, 0.3) is 5.91 Å². The molecule has 5 amide bonds. The maximum atomic E-state index is 14.7. The number of hydrogen-bond acceptors (Lipinski definition) is 7. The van der Waals surface area contributed by atoms with Crippen LogP contribution in [0.2, 0.25) is 0 Å². The van der Waals surface area contributed by atoms with Crippen molar-refractivity contribution >= 4 is 39.6 Å². The number of sulfonamides is 1. The Morgan fingerprint density at radius 1 is 1.02 bits per heavy atom. The van der Waals surface area contributed by atoms with E-state index in [0.717, 1.165) is 37.5 Å². The third-order valence-corrected chi connectivity index (χ3v) is 11.3. The highest BCUT2D eigenvalue weighted by Gasteiger charge is 2.49. The summed E-state index contributed by atoms with van der Waals surface area (Å²) >= 11 is 0. The summed E-state index contributed by atoms with van der Waals surface area (Å²) in [6, 6.07) is -4.12. The van der Waals surface area contributed by atoms with E-state index in [-0.39, 0.29) is 31.3 Å². The Labute approximate surface area is 294 Å². The van der Waals surface area contributed by atoms with Crippen LogP contribution in [0.5, 0.6) is 0 Å². The van der Waals surface area contributed by atoms with Gasteiger partial charge in [-0.1, -0.05) is 78.4 Å². The quantitative estimate of drug-likeness (QED) is 0.149. The minimum atomic E-state index is -3.51. The molecule has 1 saturated heterocycles. The van der Waals surface area contributed by atoms with Crippen LogP contribution < -0.4 is 21.3 Å². The Morgan fingerprint density at radius 2 is 1.63 bits per heavy atom. The molecule has 49 heavy (non-hydrogen) atoms. The molecule has 5 atom stereocenters. The Morgan fingerprint density at radius 3 is 2.14 bits per heavy atom. The monoisotopic (exact) mass is 710 g/mol. The SMILES string of the molecule is CCCCC(NC(=O)[C@@H]1[C@@H](C=C(C)C)CCN1C(=O)[C@@H](NC(=O)N[C@H](CN(C)S(C)(=O)=O)C(C)(C)C)C1(C)CCCCC1)C(=O)C(=O)NC. The van der Waals surface area contributed by atoms with Crippen molar-refractivity contribution in [3.8, 4) is 0 Å². The molecule has 4 N–H and O–H groups in total. The van der Waals surface area contributed by atoms with Gasteiger partial charge in [0.2, 0.25) is 27.6 Å². The topological polar surface area (TPSA) is 174 Å². The van der Waals surface area contributed by atoms with E-state index in [1.165, 1.54) is 23.3 Å². The third-order valence-electron chi connectivity index (χ3n) is 10.0. The maximum absolute atomic E-state index is 14.7. The van der Waals surface area contributed by atoms with Crippen LogP contribution in [-0.4, -0.2) is 105 Å². The van der Waals surface area contributed by atoms with Crippen LogP contribution in [-0.2, 0) is 29.2 Å². The molecule has 1 saturated carbocycles. The van der Waals surface area contributed by atoms with E-state index in [9.17, 15) is 32.4 Å². The first-order valence-electron chi connectivity index (χ1n) is 17.7. The number of nitrogens with one attached hydrogen (secondary N) is 4. The van der Waals surface area contributed by atoms with Crippen LogP contribution in [0.15, 0.2) is 11.6 Å². The fraction of sp³-hybridized carbons (Fsp3) is 0.800. The van der Waals surface area contributed by atoms with Crippen LogP contribution >= 0.6 is 0 Å². The predicted molar refractivity (Wildman–Crippen MR) is 191 cm³/mol. The molecule has 1 unspecified atom stereocenters. The molecule has 14 heteroatoms. The summed E-state index contributed by atoms with van der Waals surface area (Å²) in [6.45, 7) is 13.8. The number of urea groups is 1. The van der Waals surface area contributed by atoms with Crippen molar-refractivity contribution in [2.75, 3.05) is 33.4 Å². The summed E-state index contributed by atoms with van der Waals surface area (Å²) in [5.41, 5.74) is -0.135. The van der Waals surface area contributed by atoms with Crippen LogP contribution in [0, 0.1) is 16.7 Å². The maximum Gasteiger partial charge on any atom is 0.315 e. The van der Waals surface area contributed by atoms with E-state index >= 15 is 0 Å².